The fourth-order valence-corrected chi connectivity index (χ4v) is 8.25. The number of nitrogens with zero attached hydrogens (tertiary/aromatic N) is 2. The minimum Gasteiger partial charge on any atom is -0.330 e. The van der Waals surface area contributed by atoms with Gasteiger partial charge in [-0.25, -0.2) is 8.42 Å². The number of carbonyl (C=O) groups is 3. The van der Waals surface area contributed by atoms with E-state index in [0.717, 1.165) is 11.1 Å². The van der Waals surface area contributed by atoms with Crippen LogP contribution < -0.4 is 11.1 Å². The minimum atomic E-state index is -3.01. The van der Waals surface area contributed by atoms with Crippen LogP contribution in [0, 0.1) is 11.3 Å². The summed E-state index contributed by atoms with van der Waals surface area (Å²) in [5, 5.41) is 2.32. The second-order valence-corrected chi connectivity index (χ2v) is 11.5. The van der Waals surface area contributed by atoms with Crippen LogP contribution in [0.1, 0.15) is 34.3 Å². The summed E-state index contributed by atoms with van der Waals surface area (Å²) in [5.41, 5.74) is 8.16. The molecule has 4 heterocycles. The highest BCUT2D eigenvalue weighted by Gasteiger charge is 2.54. The van der Waals surface area contributed by atoms with E-state index >= 15 is 0 Å². The Kier molecular flexibility index (Phi) is 4.72. The van der Waals surface area contributed by atoms with E-state index in [0.29, 0.717) is 44.7 Å². The molecule has 166 valence electrons. The van der Waals surface area contributed by atoms with Gasteiger partial charge in [0.1, 0.15) is 6.04 Å². The Labute approximate surface area is 180 Å². The van der Waals surface area contributed by atoms with E-state index in [9.17, 15) is 22.8 Å². The van der Waals surface area contributed by atoms with E-state index in [-0.39, 0.29) is 41.1 Å². The number of benzene rings is 1. The molecule has 0 spiro atoms. The normalized spacial score (nSPS) is 32.3. The first-order valence-electron chi connectivity index (χ1n) is 10.6. The van der Waals surface area contributed by atoms with Crippen LogP contribution in [0.2, 0.25) is 0 Å². The van der Waals surface area contributed by atoms with Gasteiger partial charge in [-0.3, -0.25) is 24.6 Å². The predicted octanol–water partition coefficient (Wildman–Crippen LogP) is -0.747. The molecule has 0 bridgehead atoms. The number of nitrogens with one attached hydrogen (secondary N) is 1. The predicted molar refractivity (Wildman–Crippen MR) is 111 cm³/mol. The van der Waals surface area contributed by atoms with Crippen LogP contribution in [0.3, 0.4) is 0 Å². The molecule has 0 aromatic heterocycles. The summed E-state index contributed by atoms with van der Waals surface area (Å²) in [4.78, 5) is 40.2. The Bertz CT molecular complexity index is 1090. The SMILES string of the molecule is NC[C@]12CN(Cc3ccc4c(c3)CN(C3CCC(=O)NC3=O)C4=O)C[C@H]1CS(=O)(=O)C2. The molecule has 0 saturated carbocycles. The lowest BCUT2D eigenvalue weighted by molar-refractivity contribution is -0.136. The van der Waals surface area contributed by atoms with Gasteiger partial charge < -0.3 is 10.6 Å². The largest absolute Gasteiger partial charge is 0.330 e. The molecule has 4 aliphatic heterocycles. The van der Waals surface area contributed by atoms with Crippen molar-refractivity contribution in [2.24, 2.45) is 17.1 Å². The average Bonchev–Trinajstić information content (AvgIpc) is 3.27. The summed E-state index contributed by atoms with van der Waals surface area (Å²) < 4.78 is 24.2. The van der Waals surface area contributed by atoms with Crippen molar-refractivity contribution < 1.29 is 22.8 Å². The quantitative estimate of drug-likeness (QED) is 0.582. The van der Waals surface area contributed by atoms with Gasteiger partial charge in [-0.1, -0.05) is 12.1 Å². The van der Waals surface area contributed by atoms with Crippen molar-refractivity contribution in [3.8, 4) is 0 Å². The lowest BCUT2D eigenvalue weighted by atomic mass is 9.81. The first-order chi connectivity index (χ1) is 14.7. The zero-order valence-electron chi connectivity index (χ0n) is 17.2. The van der Waals surface area contributed by atoms with Gasteiger partial charge in [0.15, 0.2) is 9.84 Å². The molecule has 0 radical (unpaired) electrons. The molecule has 5 rings (SSSR count). The maximum atomic E-state index is 12.8. The maximum absolute atomic E-state index is 12.8. The smallest absolute Gasteiger partial charge is 0.255 e. The first-order valence-corrected chi connectivity index (χ1v) is 12.4. The topological polar surface area (TPSA) is 130 Å². The summed E-state index contributed by atoms with van der Waals surface area (Å²) in [7, 11) is -3.01. The Morgan fingerprint density at radius 2 is 2.03 bits per heavy atom. The molecule has 9 nitrogen and oxygen atoms in total. The van der Waals surface area contributed by atoms with Gasteiger partial charge >= 0.3 is 0 Å². The van der Waals surface area contributed by atoms with Gasteiger partial charge in [0, 0.05) is 50.1 Å². The molecule has 3 atom stereocenters. The maximum Gasteiger partial charge on any atom is 0.255 e. The summed E-state index contributed by atoms with van der Waals surface area (Å²) in [6, 6.07) is 5.10. The molecule has 4 aliphatic rings. The Morgan fingerprint density at radius 1 is 1.23 bits per heavy atom. The standard InChI is InChI=1S/C21H26N4O5S/c22-10-21-11-24(8-15(21)9-31(29,30)12-21)6-13-1-2-16-14(5-13)7-25(20(16)28)17-3-4-18(26)23-19(17)27/h1-2,5,15,17H,3-4,6-12,22H2,(H,23,26,27)/t15-,17?,21+/m0/s1. The minimum absolute atomic E-state index is 0.0709. The Balaban J connectivity index is 1.29. The van der Waals surface area contributed by atoms with Gasteiger partial charge in [-0.15, -0.1) is 0 Å². The summed E-state index contributed by atoms with van der Waals surface area (Å²) in [6.07, 6.45) is 0.576. The summed E-state index contributed by atoms with van der Waals surface area (Å²) >= 11 is 0. The fraction of sp³-hybridized carbons (Fsp3) is 0.571. The number of carbonyl (C=O) groups excluding carboxylic acids is 3. The molecule has 3 N–H and O–H groups in total. The molecule has 3 saturated heterocycles. The van der Waals surface area contributed by atoms with E-state index in [1.807, 2.05) is 12.1 Å². The highest BCUT2D eigenvalue weighted by atomic mass is 32.2. The van der Waals surface area contributed by atoms with Crippen molar-refractivity contribution >= 4 is 27.6 Å². The van der Waals surface area contributed by atoms with Gasteiger partial charge in [-0.2, -0.15) is 0 Å². The van der Waals surface area contributed by atoms with Crippen molar-refractivity contribution in [3.63, 3.8) is 0 Å². The van der Waals surface area contributed by atoms with Crippen molar-refractivity contribution in [2.75, 3.05) is 31.1 Å². The van der Waals surface area contributed by atoms with Crippen LogP contribution >= 0.6 is 0 Å². The van der Waals surface area contributed by atoms with Crippen LogP contribution in [0.15, 0.2) is 18.2 Å². The number of fused-ring (bicyclic) bond motifs is 2. The molecule has 3 fully saturated rings. The number of hydrogen-bond acceptors (Lipinski definition) is 7. The first kappa shape index (κ1) is 20.6. The van der Waals surface area contributed by atoms with Crippen molar-refractivity contribution in [2.45, 2.75) is 32.0 Å². The van der Waals surface area contributed by atoms with E-state index in [1.54, 1.807) is 11.0 Å². The van der Waals surface area contributed by atoms with Gasteiger partial charge in [0.25, 0.3) is 5.91 Å². The third-order valence-corrected chi connectivity index (χ3v) is 9.17. The number of nitrogens with two attached hydrogens (primary N) is 1. The van der Waals surface area contributed by atoms with Gasteiger partial charge in [-0.05, 0) is 29.5 Å². The van der Waals surface area contributed by atoms with E-state index in [4.69, 9.17) is 5.73 Å². The highest BCUT2D eigenvalue weighted by molar-refractivity contribution is 7.91. The number of sulfone groups is 1. The van der Waals surface area contributed by atoms with Crippen LogP contribution in [-0.2, 0) is 32.5 Å². The van der Waals surface area contributed by atoms with Crippen LogP contribution in [-0.4, -0.2) is 73.1 Å². The molecule has 10 heteroatoms. The molecule has 3 amide bonds. The average molecular weight is 447 g/mol. The number of rotatable bonds is 4. The van der Waals surface area contributed by atoms with Crippen molar-refractivity contribution in [1.29, 1.82) is 0 Å². The zero-order valence-corrected chi connectivity index (χ0v) is 18.0. The van der Waals surface area contributed by atoms with E-state index in [1.165, 1.54) is 0 Å². The molecule has 1 unspecified atom stereocenters. The lowest BCUT2D eigenvalue weighted by Crippen LogP contribution is -2.52. The molecular weight excluding hydrogens is 420 g/mol. The third kappa shape index (κ3) is 3.46. The van der Waals surface area contributed by atoms with Crippen LogP contribution in [0.25, 0.3) is 0 Å². The van der Waals surface area contributed by atoms with E-state index in [2.05, 4.69) is 10.2 Å². The summed E-state index contributed by atoms with van der Waals surface area (Å²) in [5.74, 6) is -0.452. The summed E-state index contributed by atoms with van der Waals surface area (Å²) in [6.45, 7) is 2.74. The zero-order chi connectivity index (χ0) is 22.0. The molecule has 1 aromatic rings. The number of imide groups is 1. The number of piperidine rings is 1. The number of hydrogen-bond donors (Lipinski definition) is 2. The van der Waals surface area contributed by atoms with Gasteiger partial charge in [0.05, 0.1) is 11.5 Å². The Morgan fingerprint density at radius 3 is 2.74 bits per heavy atom. The lowest BCUT2D eigenvalue weighted by Gasteiger charge is -2.29. The second kappa shape index (κ2) is 7.11. The van der Waals surface area contributed by atoms with Crippen LogP contribution in [0.5, 0.6) is 0 Å². The monoisotopic (exact) mass is 446 g/mol. The third-order valence-electron chi connectivity index (χ3n) is 7.25. The number of likely N-dealkylation sites (tertiary alicyclic amines) is 1. The van der Waals surface area contributed by atoms with E-state index < -0.39 is 21.8 Å². The molecule has 31 heavy (non-hydrogen) atoms. The Hall–Kier alpha value is -2.30. The highest BCUT2D eigenvalue weighted by Crippen LogP contribution is 2.43. The van der Waals surface area contributed by atoms with Crippen molar-refractivity contribution in [1.82, 2.24) is 15.1 Å². The second-order valence-electron chi connectivity index (χ2n) is 9.38. The van der Waals surface area contributed by atoms with Crippen LogP contribution in [0.4, 0.5) is 0 Å². The van der Waals surface area contributed by atoms with Gasteiger partial charge in [0.2, 0.25) is 11.8 Å². The van der Waals surface area contributed by atoms with Crippen molar-refractivity contribution in [3.05, 3.63) is 34.9 Å². The number of amides is 3. The molecular formula is C21H26N4O5S. The molecule has 1 aromatic carbocycles. The fourth-order valence-electron chi connectivity index (χ4n) is 5.74. The molecule has 0 aliphatic carbocycles.